The zero-order valence-corrected chi connectivity index (χ0v) is 9.14. The lowest BCUT2D eigenvalue weighted by molar-refractivity contribution is -0.138. The highest BCUT2D eigenvalue weighted by molar-refractivity contribution is 6.02. The number of carbonyl (C=O) groups excluding carboxylic acids is 1. The Morgan fingerprint density at radius 3 is 2.59 bits per heavy atom. The van der Waals surface area contributed by atoms with Gasteiger partial charge in [-0.15, -0.1) is 0 Å². The molecule has 1 aliphatic rings. The van der Waals surface area contributed by atoms with Crippen molar-refractivity contribution in [2.45, 2.75) is 19.5 Å². The standard InChI is InChI=1S/C11H11F3N2O/c1-2-16-9-4-6(15)3-8(11(12,13)14)7(9)5-10(16)17/h3-4H,2,5,15H2,1H3. The van der Waals surface area contributed by atoms with Crippen molar-refractivity contribution in [1.29, 1.82) is 0 Å². The molecule has 2 N–H and O–H groups in total. The highest BCUT2D eigenvalue weighted by Gasteiger charge is 2.39. The van der Waals surface area contributed by atoms with Gasteiger partial charge in [0.25, 0.3) is 0 Å². The molecular weight excluding hydrogens is 233 g/mol. The average Bonchev–Trinajstić information content (AvgIpc) is 2.50. The number of halogens is 3. The Bertz CT molecular complexity index is 482. The Kier molecular flexibility index (Phi) is 2.52. The van der Waals surface area contributed by atoms with Crippen molar-refractivity contribution in [3.05, 3.63) is 23.3 Å². The lowest BCUT2D eigenvalue weighted by Crippen LogP contribution is -2.25. The number of nitrogens with zero attached hydrogens (tertiary/aromatic N) is 1. The van der Waals surface area contributed by atoms with E-state index in [9.17, 15) is 18.0 Å². The summed E-state index contributed by atoms with van der Waals surface area (Å²) in [4.78, 5) is 12.9. The number of likely N-dealkylation sites (N-methyl/N-ethyl adjacent to an activating group) is 1. The van der Waals surface area contributed by atoms with E-state index < -0.39 is 11.7 Å². The average molecular weight is 244 g/mol. The predicted molar refractivity (Wildman–Crippen MR) is 57.6 cm³/mol. The van der Waals surface area contributed by atoms with Crippen molar-refractivity contribution in [3.63, 3.8) is 0 Å². The number of amides is 1. The summed E-state index contributed by atoms with van der Waals surface area (Å²) >= 11 is 0. The van der Waals surface area contributed by atoms with Gasteiger partial charge in [0.2, 0.25) is 5.91 Å². The maximum absolute atomic E-state index is 12.8. The van der Waals surface area contributed by atoms with E-state index in [1.165, 1.54) is 11.0 Å². The van der Waals surface area contributed by atoms with Gasteiger partial charge in [-0.25, -0.2) is 0 Å². The van der Waals surface area contributed by atoms with E-state index in [1.54, 1.807) is 6.92 Å². The summed E-state index contributed by atoms with van der Waals surface area (Å²) in [5, 5.41) is 0. The molecule has 6 heteroatoms. The van der Waals surface area contributed by atoms with Crippen LogP contribution in [0.15, 0.2) is 12.1 Å². The van der Waals surface area contributed by atoms with Crippen LogP contribution in [0.2, 0.25) is 0 Å². The molecule has 1 aromatic rings. The molecule has 0 radical (unpaired) electrons. The maximum Gasteiger partial charge on any atom is 0.416 e. The number of hydrogen-bond donors (Lipinski definition) is 1. The van der Waals surface area contributed by atoms with E-state index in [4.69, 9.17) is 5.73 Å². The number of rotatable bonds is 1. The monoisotopic (exact) mass is 244 g/mol. The largest absolute Gasteiger partial charge is 0.416 e. The van der Waals surface area contributed by atoms with Gasteiger partial charge in [-0.3, -0.25) is 4.79 Å². The Morgan fingerprint density at radius 2 is 2.06 bits per heavy atom. The molecule has 0 spiro atoms. The Hall–Kier alpha value is -1.72. The van der Waals surface area contributed by atoms with Gasteiger partial charge in [-0.05, 0) is 24.6 Å². The molecule has 17 heavy (non-hydrogen) atoms. The molecule has 0 aromatic heterocycles. The first-order valence-corrected chi connectivity index (χ1v) is 5.14. The molecule has 0 saturated carbocycles. The molecule has 3 nitrogen and oxygen atoms in total. The van der Waals surface area contributed by atoms with Crippen LogP contribution in [0, 0.1) is 0 Å². The number of benzene rings is 1. The van der Waals surface area contributed by atoms with Crippen molar-refractivity contribution in [3.8, 4) is 0 Å². The number of nitrogen functional groups attached to an aromatic ring is 1. The predicted octanol–water partition coefficient (Wildman–Crippen LogP) is 2.20. The number of alkyl halides is 3. The van der Waals surface area contributed by atoms with Gasteiger partial charge in [0.1, 0.15) is 0 Å². The smallest absolute Gasteiger partial charge is 0.399 e. The van der Waals surface area contributed by atoms with E-state index in [2.05, 4.69) is 0 Å². The lowest BCUT2D eigenvalue weighted by Gasteiger charge is -2.17. The van der Waals surface area contributed by atoms with Crippen LogP contribution in [-0.4, -0.2) is 12.5 Å². The van der Waals surface area contributed by atoms with Gasteiger partial charge in [-0.1, -0.05) is 0 Å². The molecule has 0 atom stereocenters. The molecule has 0 saturated heterocycles. The second kappa shape index (κ2) is 3.65. The van der Waals surface area contributed by atoms with Crippen LogP contribution < -0.4 is 10.6 Å². The third-order valence-electron chi connectivity index (χ3n) is 2.79. The number of fused-ring (bicyclic) bond motifs is 1. The Labute approximate surface area is 96.0 Å². The summed E-state index contributed by atoms with van der Waals surface area (Å²) in [6.45, 7) is 2.05. The molecule has 2 rings (SSSR count). The summed E-state index contributed by atoms with van der Waals surface area (Å²) in [5.41, 5.74) is 4.97. The molecule has 1 amide bonds. The molecular formula is C11H11F3N2O. The fourth-order valence-corrected chi connectivity index (χ4v) is 2.09. The number of carbonyl (C=O) groups is 1. The third-order valence-corrected chi connectivity index (χ3v) is 2.79. The van der Waals surface area contributed by atoms with Crippen LogP contribution >= 0.6 is 0 Å². The molecule has 1 aromatic carbocycles. The molecule has 0 unspecified atom stereocenters. The van der Waals surface area contributed by atoms with Gasteiger partial charge in [0, 0.05) is 17.9 Å². The van der Waals surface area contributed by atoms with Crippen molar-refractivity contribution < 1.29 is 18.0 Å². The van der Waals surface area contributed by atoms with Crippen LogP contribution in [0.1, 0.15) is 18.1 Å². The van der Waals surface area contributed by atoms with Crippen molar-refractivity contribution in [1.82, 2.24) is 0 Å². The zero-order chi connectivity index (χ0) is 12.8. The first-order chi connectivity index (χ1) is 7.84. The van der Waals surface area contributed by atoms with Gasteiger partial charge in [0.15, 0.2) is 0 Å². The molecule has 1 aliphatic heterocycles. The van der Waals surface area contributed by atoms with Crippen LogP contribution in [0.5, 0.6) is 0 Å². The fourth-order valence-electron chi connectivity index (χ4n) is 2.09. The Balaban J connectivity index is 2.64. The van der Waals surface area contributed by atoms with E-state index in [0.717, 1.165) is 6.07 Å². The first-order valence-electron chi connectivity index (χ1n) is 5.14. The molecule has 0 bridgehead atoms. The van der Waals surface area contributed by atoms with E-state index in [-0.39, 0.29) is 29.3 Å². The SMILES string of the molecule is CCN1C(=O)Cc2c1cc(N)cc2C(F)(F)F. The topological polar surface area (TPSA) is 46.3 Å². The van der Waals surface area contributed by atoms with Crippen LogP contribution in [0.3, 0.4) is 0 Å². The second-order valence-electron chi connectivity index (χ2n) is 3.88. The first kappa shape index (κ1) is 11.8. The summed E-state index contributed by atoms with van der Waals surface area (Å²) in [6, 6.07) is 2.30. The van der Waals surface area contributed by atoms with Gasteiger partial charge >= 0.3 is 6.18 Å². The summed E-state index contributed by atoms with van der Waals surface area (Å²) in [5.74, 6) is -0.321. The minimum absolute atomic E-state index is 0.0178. The highest BCUT2D eigenvalue weighted by Crippen LogP contribution is 2.41. The Morgan fingerprint density at radius 1 is 1.41 bits per heavy atom. The maximum atomic E-state index is 12.8. The second-order valence-corrected chi connectivity index (χ2v) is 3.88. The minimum Gasteiger partial charge on any atom is -0.399 e. The van der Waals surface area contributed by atoms with Gasteiger partial charge < -0.3 is 10.6 Å². The minimum atomic E-state index is -4.48. The quantitative estimate of drug-likeness (QED) is 0.770. The van der Waals surface area contributed by atoms with Crippen molar-refractivity contribution >= 4 is 17.3 Å². The highest BCUT2D eigenvalue weighted by atomic mass is 19.4. The number of nitrogens with two attached hydrogens (primary N) is 1. The molecule has 0 aliphatic carbocycles. The number of anilines is 2. The van der Waals surface area contributed by atoms with E-state index in [0.29, 0.717) is 6.54 Å². The zero-order valence-electron chi connectivity index (χ0n) is 9.14. The number of hydrogen-bond acceptors (Lipinski definition) is 2. The normalized spacial score (nSPS) is 15.3. The van der Waals surface area contributed by atoms with Crippen LogP contribution in [-0.2, 0) is 17.4 Å². The summed E-state index contributed by atoms with van der Waals surface area (Å²) < 4.78 is 38.4. The van der Waals surface area contributed by atoms with Gasteiger partial charge in [0.05, 0.1) is 12.0 Å². The van der Waals surface area contributed by atoms with E-state index in [1.807, 2.05) is 0 Å². The summed E-state index contributed by atoms with van der Waals surface area (Å²) in [6.07, 6.45) is -4.69. The fraction of sp³-hybridized carbons (Fsp3) is 0.364. The van der Waals surface area contributed by atoms with E-state index >= 15 is 0 Å². The molecule has 92 valence electrons. The van der Waals surface area contributed by atoms with Crippen LogP contribution in [0.25, 0.3) is 0 Å². The van der Waals surface area contributed by atoms with Gasteiger partial charge in [-0.2, -0.15) is 13.2 Å². The summed E-state index contributed by atoms with van der Waals surface area (Å²) in [7, 11) is 0. The van der Waals surface area contributed by atoms with Crippen molar-refractivity contribution in [2.24, 2.45) is 0 Å². The third kappa shape index (κ3) is 1.83. The lowest BCUT2D eigenvalue weighted by atomic mass is 10.0. The van der Waals surface area contributed by atoms with Crippen molar-refractivity contribution in [2.75, 3.05) is 17.2 Å². The van der Waals surface area contributed by atoms with Crippen LogP contribution in [0.4, 0.5) is 24.5 Å². The molecule has 1 heterocycles. The molecule has 0 fully saturated rings.